The second-order valence-corrected chi connectivity index (χ2v) is 7.00. The van der Waals surface area contributed by atoms with E-state index in [0.717, 1.165) is 0 Å². The summed E-state index contributed by atoms with van der Waals surface area (Å²) >= 11 is 0. The molecule has 0 atom stereocenters. The number of imidazole rings is 1. The molecule has 0 unspecified atom stereocenters. The molecule has 1 aromatic carbocycles. The van der Waals surface area contributed by atoms with Gasteiger partial charge in [-0.25, -0.2) is 15.0 Å². The van der Waals surface area contributed by atoms with Gasteiger partial charge in [-0.05, 0) is 17.7 Å². The number of hydrogen-bond acceptors (Lipinski definition) is 7. The van der Waals surface area contributed by atoms with Gasteiger partial charge in [0.1, 0.15) is 17.0 Å². The van der Waals surface area contributed by atoms with Gasteiger partial charge in [0.05, 0.1) is 19.4 Å². The summed E-state index contributed by atoms with van der Waals surface area (Å²) in [5, 5.41) is 16.5. The van der Waals surface area contributed by atoms with Gasteiger partial charge in [-0.1, -0.05) is 24.3 Å². The van der Waals surface area contributed by atoms with Gasteiger partial charge in [-0.15, -0.1) is 5.10 Å². The highest BCUT2D eigenvalue weighted by Crippen LogP contribution is 2.43. The van der Waals surface area contributed by atoms with Crippen LogP contribution in [0.5, 0.6) is 0 Å². The summed E-state index contributed by atoms with van der Waals surface area (Å²) in [4.78, 5) is 11.4. The first-order valence-electron chi connectivity index (χ1n) is 9.53. The van der Waals surface area contributed by atoms with Crippen LogP contribution < -0.4 is 0 Å². The number of ether oxygens (including phenoxy) is 1. The van der Waals surface area contributed by atoms with Crippen molar-refractivity contribution in [1.29, 1.82) is 0 Å². The van der Waals surface area contributed by atoms with E-state index < -0.39 is 17.9 Å². The van der Waals surface area contributed by atoms with Crippen molar-refractivity contribution in [2.45, 2.75) is 18.7 Å². The topological polar surface area (TPSA) is 97.3 Å². The van der Waals surface area contributed by atoms with Crippen molar-refractivity contribution in [3.8, 4) is 11.3 Å². The molecule has 0 aliphatic carbocycles. The fraction of sp³-hybridized carbons (Fsp3) is 0.190. The van der Waals surface area contributed by atoms with Gasteiger partial charge < -0.3 is 9.84 Å². The molecular formula is C21H15F5N6O2. The predicted molar refractivity (Wildman–Crippen MR) is 113 cm³/mol. The monoisotopic (exact) mass is 478 g/mol. The molecule has 0 aliphatic heterocycles. The Morgan fingerprint density at radius 1 is 1.06 bits per heavy atom. The number of pyridine rings is 1. The quantitative estimate of drug-likeness (QED) is 0.202. The Morgan fingerprint density at radius 2 is 1.76 bits per heavy atom. The summed E-state index contributed by atoms with van der Waals surface area (Å²) in [6, 6.07) is 8.89. The molecule has 0 saturated carbocycles. The summed E-state index contributed by atoms with van der Waals surface area (Å²) in [5.41, 5.74) is 0.676. The molecule has 4 rings (SSSR count). The van der Waals surface area contributed by atoms with Crippen molar-refractivity contribution in [3.63, 3.8) is 0 Å². The lowest BCUT2D eigenvalue weighted by molar-refractivity contribution is -0.292. The van der Waals surface area contributed by atoms with Crippen LogP contribution in [0.15, 0.2) is 52.8 Å². The standard InChI is InChI=1S/C21H15F5N6O2/c1-27-31-18(34-2)14-9-32-15(28-14)8-7-13-16(12-5-3-11(10-33)4-6-12)29-19(30-17(13)32)20(22,23)21(24,25)26/h3-9,33H,1,10H2,2H3/b31-18-. The van der Waals surface area contributed by atoms with E-state index in [-0.39, 0.29) is 46.1 Å². The zero-order valence-electron chi connectivity index (χ0n) is 17.4. The number of rotatable bonds is 5. The largest absolute Gasteiger partial charge is 0.478 e. The van der Waals surface area contributed by atoms with Crippen LogP contribution in [0.4, 0.5) is 22.0 Å². The lowest BCUT2D eigenvalue weighted by atomic mass is 10.1. The number of nitrogens with zero attached hydrogens (tertiary/aromatic N) is 6. The number of hydrogen-bond donors (Lipinski definition) is 1. The summed E-state index contributed by atoms with van der Waals surface area (Å²) < 4.78 is 74.5. The van der Waals surface area contributed by atoms with Crippen LogP contribution >= 0.6 is 0 Å². The second kappa shape index (κ2) is 8.41. The van der Waals surface area contributed by atoms with Crippen molar-refractivity contribution < 1.29 is 31.8 Å². The van der Waals surface area contributed by atoms with E-state index in [1.807, 2.05) is 0 Å². The third-order valence-corrected chi connectivity index (χ3v) is 4.91. The maximum atomic E-state index is 14.3. The highest BCUT2D eigenvalue weighted by atomic mass is 19.4. The third kappa shape index (κ3) is 3.83. The molecule has 0 amide bonds. The molecule has 13 heteroatoms. The molecule has 34 heavy (non-hydrogen) atoms. The summed E-state index contributed by atoms with van der Waals surface area (Å²) in [7, 11) is 1.30. The smallest absolute Gasteiger partial charge is 0.461 e. The minimum absolute atomic E-state index is 0.0541. The van der Waals surface area contributed by atoms with E-state index in [9.17, 15) is 27.1 Å². The maximum absolute atomic E-state index is 14.3. The van der Waals surface area contributed by atoms with Gasteiger partial charge in [0.25, 0.3) is 5.90 Å². The van der Waals surface area contributed by atoms with Gasteiger partial charge in [-0.2, -0.15) is 27.1 Å². The molecule has 4 aromatic rings. The summed E-state index contributed by atoms with van der Waals surface area (Å²) in [6.45, 7) is 2.94. The predicted octanol–water partition coefficient (Wildman–Crippen LogP) is 4.10. The first kappa shape index (κ1) is 23.2. The Labute approximate surface area is 188 Å². The number of fused-ring (bicyclic) bond motifs is 3. The van der Waals surface area contributed by atoms with Gasteiger partial charge in [0, 0.05) is 23.9 Å². The van der Waals surface area contributed by atoms with Crippen molar-refractivity contribution in [3.05, 3.63) is 59.7 Å². The van der Waals surface area contributed by atoms with Crippen LogP contribution in [-0.2, 0) is 17.3 Å². The molecule has 0 bridgehead atoms. The van der Waals surface area contributed by atoms with Crippen LogP contribution in [0.25, 0.3) is 27.9 Å². The van der Waals surface area contributed by atoms with E-state index in [1.165, 1.54) is 54.1 Å². The number of aliphatic hydroxyl groups excluding tert-OH is 1. The number of benzene rings is 1. The van der Waals surface area contributed by atoms with Crippen molar-refractivity contribution >= 4 is 29.3 Å². The molecule has 1 N–H and O–H groups in total. The van der Waals surface area contributed by atoms with Gasteiger partial charge in [0.15, 0.2) is 0 Å². The van der Waals surface area contributed by atoms with Crippen LogP contribution in [0.1, 0.15) is 17.1 Å². The number of aliphatic hydroxyl groups is 1. The Bertz CT molecular complexity index is 1410. The van der Waals surface area contributed by atoms with E-state index in [1.54, 1.807) is 0 Å². The van der Waals surface area contributed by atoms with E-state index >= 15 is 0 Å². The number of methoxy groups -OCH3 is 1. The molecule has 176 valence electrons. The molecule has 0 saturated heterocycles. The van der Waals surface area contributed by atoms with E-state index in [2.05, 4.69) is 31.9 Å². The van der Waals surface area contributed by atoms with Crippen LogP contribution in [0.3, 0.4) is 0 Å². The first-order valence-corrected chi connectivity index (χ1v) is 9.53. The average molecular weight is 478 g/mol. The average Bonchev–Trinajstić information content (AvgIpc) is 3.25. The molecular weight excluding hydrogens is 463 g/mol. The van der Waals surface area contributed by atoms with Crippen LogP contribution in [0.2, 0.25) is 0 Å². The molecule has 3 aromatic heterocycles. The van der Waals surface area contributed by atoms with Gasteiger partial charge >= 0.3 is 12.1 Å². The minimum Gasteiger partial charge on any atom is -0.478 e. The second-order valence-electron chi connectivity index (χ2n) is 7.00. The molecule has 3 heterocycles. The molecule has 0 fully saturated rings. The van der Waals surface area contributed by atoms with E-state index in [0.29, 0.717) is 5.56 Å². The maximum Gasteiger partial charge on any atom is 0.461 e. The van der Waals surface area contributed by atoms with E-state index in [4.69, 9.17) is 4.74 Å². The first-order chi connectivity index (χ1) is 16.1. The van der Waals surface area contributed by atoms with Crippen molar-refractivity contribution in [1.82, 2.24) is 19.4 Å². The van der Waals surface area contributed by atoms with Gasteiger partial charge in [0.2, 0.25) is 5.82 Å². The zero-order valence-corrected chi connectivity index (χ0v) is 17.4. The van der Waals surface area contributed by atoms with Crippen molar-refractivity contribution in [2.75, 3.05) is 7.11 Å². The highest BCUT2D eigenvalue weighted by Gasteiger charge is 2.61. The number of alkyl halides is 5. The number of halogens is 5. The highest BCUT2D eigenvalue weighted by molar-refractivity contribution is 5.95. The Hall–Kier alpha value is -4.00. The number of aromatic nitrogens is 4. The van der Waals surface area contributed by atoms with Crippen LogP contribution in [0, 0.1) is 0 Å². The fourth-order valence-electron chi connectivity index (χ4n) is 3.25. The molecule has 8 nitrogen and oxygen atoms in total. The molecule has 0 aliphatic rings. The Balaban J connectivity index is 2.07. The molecule has 0 radical (unpaired) electrons. The molecule has 0 spiro atoms. The Kier molecular flexibility index (Phi) is 5.73. The lowest BCUT2D eigenvalue weighted by Crippen LogP contribution is -2.35. The lowest BCUT2D eigenvalue weighted by Gasteiger charge is -2.19. The third-order valence-electron chi connectivity index (χ3n) is 4.91. The zero-order chi connectivity index (χ0) is 24.7. The van der Waals surface area contributed by atoms with Crippen molar-refractivity contribution in [2.24, 2.45) is 10.2 Å². The SMILES string of the molecule is C=N/N=C(\OC)c1cn2c(ccc3c(-c4ccc(CO)cc4)nc(C(F)(F)C(F)(F)F)nc32)n1. The van der Waals surface area contributed by atoms with Crippen LogP contribution in [-0.4, -0.2) is 50.4 Å². The normalized spacial score (nSPS) is 13.0. The fourth-order valence-corrected chi connectivity index (χ4v) is 3.25. The minimum atomic E-state index is -5.92. The summed E-state index contributed by atoms with van der Waals surface area (Å²) in [6.07, 6.45) is -4.61. The van der Waals surface area contributed by atoms with Gasteiger partial charge in [-0.3, -0.25) is 4.40 Å². The Morgan fingerprint density at radius 3 is 2.35 bits per heavy atom. The summed E-state index contributed by atoms with van der Waals surface area (Å²) in [5.74, 6) is -7.09.